The summed E-state index contributed by atoms with van der Waals surface area (Å²) in [5.74, 6) is 0.201. The molecule has 1 aromatic rings. The maximum absolute atomic E-state index is 11.6. The Morgan fingerprint density at radius 1 is 1.62 bits per heavy atom. The van der Waals surface area contributed by atoms with E-state index in [9.17, 15) is 9.90 Å². The standard InChI is InChI=1S/C11H14ClNO3/c1-11(2,15)9(14)4-7-6-13-10(12)5-8(7)16-3/h5-6,15H,4H2,1-3H3. The first-order valence-electron chi connectivity index (χ1n) is 4.78. The summed E-state index contributed by atoms with van der Waals surface area (Å²) in [5, 5.41) is 9.83. The molecule has 0 unspecified atom stereocenters. The van der Waals surface area contributed by atoms with E-state index < -0.39 is 5.60 Å². The van der Waals surface area contributed by atoms with Crippen LogP contribution in [0.5, 0.6) is 5.75 Å². The van der Waals surface area contributed by atoms with Gasteiger partial charge in [0.15, 0.2) is 5.78 Å². The third-order valence-electron chi connectivity index (χ3n) is 2.16. The molecule has 0 aliphatic heterocycles. The Balaban J connectivity index is 2.93. The van der Waals surface area contributed by atoms with E-state index in [1.54, 1.807) is 0 Å². The summed E-state index contributed by atoms with van der Waals surface area (Å²) >= 11 is 5.70. The van der Waals surface area contributed by atoms with Crippen molar-refractivity contribution >= 4 is 17.4 Å². The van der Waals surface area contributed by atoms with Crippen molar-refractivity contribution in [3.8, 4) is 5.75 Å². The zero-order valence-electron chi connectivity index (χ0n) is 9.45. The van der Waals surface area contributed by atoms with Gasteiger partial charge in [-0.3, -0.25) is 4.79 Å². The third kappa shape index (κ3) is 3.18. The maximum Gasteiger partial charge on any atom is 0.168 e. The summed E-state index contributed by atoms with van der Waals surface area (Å²) < 4.78 is 5.08. The van der Waals surface area contributed by atoms with Gasteiger partial charge < -0.3 is 9.84 Å². The highest BCUT2D eigenvalue weighted by molar-refractivity contribution is 6.29. The first-order chi connectivity index (χ1) is 7.34. The number of pyridine rings is 1. The lowest BCUT2D eigenvalue weighted by Crippen LogP contribution is -2.32. The number of ketones is 1. The summed E-state index contributed by atoms with van der Waals surface area (Å²) in [7, 11) is 1.49. The van der Waals surface area contributed by atoms with Gasteiger partial charge in [-0.2, -0.15) is 0 Å². The first-order valence-corrected chi connectivity index (χ1v) is 5.16. The lowest BCUT2D eigenvalue weighted by Gasteiger charge is -2.16. The quantitative estimate of drug-likeness (QED) is 0.817. The minimum Gasteiger partial charge on any atom is -0.496 e. The molecule has 0 aliphatic rings. The number of carbonyl (C=O) groups excluding carboxylic acids is 1. The van der Waals surface area contributed by atoms with Gasteiger partial charge in [0.1, 0.15) is 16.5 Å². The Morgan fingerprint density at radius 3 is 2.75 bits per heavy atom. The number of carbonyl (C=O) groups is 1. The normalized spacial score (nSPS) is 11.3. The van der Waals surface area contributed by atoms with Crippen molar-refractivity contribution in [1.29, 1.82) is 0 Å². The minimum atomic E-state index is -1.36. The molecule has 0 amide bonds. The van der Waals surface area contributed by atoms with Crippen molar-refractivity contribution in [2.45, 2.75) is 25.9 Å². The topological polar surface area (TPSA) is 59.4 Å². The van der Waals surface area contributed by atoms with Crippen LogP contribution in [0.1, 0.15) is 19.4 Å². The average molecular weight is 244 g/mol. The molecule has 1 rings (SSSR count). The van der Waals surface area contributed by atoms with E-state index in [1.807, 2.05) is 0 Å². The molecule has 1 heterocycles. The molecular weight excluding hydrogens is 230 g/mol. The number of hydrogen-bond acceptors (Lipinski definition) is 4. The SMILES string of the molecule is COc1cc(Cl)ncc1CC(=O)C(C)(C)O. The van der Waals surface area contributed by atoms with E-state index in [4.69, 9.17) is 16.3 Å². The zero-order valence-corrected chi connectivity index (χ0v) is 10.2. The lowest BCUT2D eigenvalue weighted by molar-refractivity contribution is -0.133. The van der Waals surface area contributed by atoms with Crippen LogP contribution in [0.4, 0.5) is 0 Å². The Hall–Kier alpha value is -1.13. The fraction of sp³-hybridized carbons (Fsp3) is 0.455. The largest absolute Gasteiger partial charge is 0.496 e. The van der Waals surface area contributed by atoms with Crippen LogP contribution in [-0.2, 0) is 11.2 Å². The molecule has 0 aromatic carbocycles. The number of hydrogen-bond donors (Lipinski definition) is 1. The van der Waals surface area contributed by atoms with E-state index in [1.165, 1.54) is 33.2 Å². The number of Topliss-reactive ketones (excluding diaryl/α,β-unsaturated/α-hetero) is 1. The van der Waals surface area contributed by atoms with Crippen molar-refractivity contribution in [2.75, 3.05) is 7.11 Å². The molecule has 0 fully saturated rings. The van der Waals surface area contributed by atoms with Crippen LogP contribution in [-0.4, -0.2) is 28.6 Å². The summed E-state index contributed by atoms with van der Waals surface area (Å²) in [6, 6.07) is 1.54. The summed E-state index contributed by atoms with van der Waals surface area (Å²) in [4.78, 5) is 15.5. The van der Waals surface area contributed by atoms with Crippen molar-refractivity contribution < 1.29 is 14.6 Å². The van der Waals surface area contributed by atoms with E-state index >= 15 is 0 Å². The summed E-state index contributed by atoms with van der Waals surface area (Å²) in [6.45, 7) is 2.90. The van der Waals surface area contributed by atoms with E-state index in [2.05, 4.69) is 4.98 Å². The Bertz CT molecular complexity index is 399. The van der Waals surface area contributed by atoms with Gasteiger partial charge in [0.05, 0.1) is 7.11 Å². The second-order valence-electron chi connectivity index (χ2n) is 3.98. The second kappa shape index (κ2) is 4.80. The number of methoxy groups -OCH3 is 1. The zero-order chi connectivity index (χ0) is 12.3. The smallest absolute Gasteiger partial charge is 0.168 e. The molecule has 0 atom stereocenters. The van der Waals surface area contributed by atoms with E-state index in [0.717, 1.165) is 0 Å². The van der Waals surface area contributed by atoms with Gasteiger partial charge >= 0.3 is 0 Å². The Labute approximate surface area is 99.2 Å². The first kappa shape index (κ1) is 12.9. The minimum absolute atomic E-state index is 0.0663. The molecule has 0 radical (unpaired) electrons. The molecule has 0 spiro atoms. The van der Waals surface area contributed by atoms with Gasteiger partial charge in [-0.05, 0) is 13.8 Å². The molecular formula is C11H14ClNO3. The van der Waals surface area contributed by atoms with Crippen LogP contribution < -0.4 is 4.74 Å². The molecule has 1 N–H and O–H groups in total. The molecule has 1 aromatic heterocycles. The molecule has 88 valence electrons. The average Bonchev–Trinajstić information content (AvgIpc) is 2.19. The van der Waals surface area contributed by atoms with Gasteiger partial charge in [0, 0.05) is 24.2 Å². The van der Waals surface area contributed by atoms with Crippen LogP contribution in [0.2, 0.25) is 5.15 Å². The van der Waals surface area contributed by atoms with Crippen LogP contribution in [0, 0.1) is 0 Å². The van der Waals surface area contributed by atoms with Gasteiger partial charge in [-0.25, -0.2) is 4.98 Å². The molecule has 5 heteroatoms. The van der Waals surface area contributed by atoms with Gasteiger partial charge in [0.25, 0.3) is 0 Å². The van der Waals surface area contributed by atoms with Gasteiger partial charge in [-0.15, -0.1) is 0 Å². The number of halogens is 1. The highest BCUT2D eigenvalue weighted by atomic mass is 35.5. The predicted octanol–water partition coefficient (Wildman–Crippen LogP) is 1.63. The van der Waals surface area contributed by atoms with Crippen molar-refractivity contribution in [3.63, 3.8) is 0 Å². The fourth-order valence-electron chi connectivity index (χ4n) is 1.15. The summed E-state index contributed by atoms with van der Waals surface area (Å²) in [6.07, 6.45) is 1.54. The molecule has 16 heavy (non-hydrogen) atoms. The van der Waals surface area contributed by atoms with Crippen molar-refractivity contribution in [3.05, 3.63) is 23.0 Å². The second-order valence-corrected chi connectivity index (χ2v) is 4.37. The molecule has 0 saturated carbocycles. The van der Waals surface area contributed by atoms with Crippen molar-refractivity contribution in [1.82, 2.24) is 4.98 Å². The highest BCUT2D eigenvalue weighted by Gasteiger charge is 2.24. The van der Waals surface area contributed by atoms with Crippen LogP contribution in [0.3, 0.4) is 0 Å². The highest BCUT2D eigenvalue weighted by Crippen LogP contribution is 2.22. The number of aromatic nitrogens is 1. The predicted molar refractivity (Wildman–Crippen MR) is 60.8 cm³/mol. The number of nitrogens with zero attached hydrogens (tertiary/aromatic N) is 1. The monoisotopic (exact) mass is 243 g/mol. The van der Waals surface area contributed by atoms with Crippen molar-refractivity contribution in [2.24, 2.45) is 0 Å². The van der Waals surface area contributed by atoms with Crippen LogP contribution in [0.15, 0.2) is 12.3 Å². The van der Waals surface area contributed by atoms with Crippen LogP contribution in [0.25, 0.3) is 0 Å². The number of aliphatic hydroxyl groups is 1. The molecule has 0 aliphatic carbocycles. The van der Waals surface area contributed by atoms with Gasteiger partial charge in [-0.1, -0.05) is 11.6 Å². The molecule has 0 bridgehead atoms. The number of rotatable bonds is 4. The van der Waals surface area contributed by atoms with E-state index in [-0.39, 0.29) is 12.2 Å². The Kier molecular flexibility index (Phi) is 3.88. The van der Waals surface area contributed by atoms with Crippen LogP contribution >= 0.6 is 11.6 Å². The van der Waals surface area contributed by atoms with E-state index in [0.29, 0.717) is 16.5 Å². The fourth-order valence-corrected chi connectivity index (χ4v) is 1.30. The maximum atomic E-state index is 11.6. The third-order valence-corrected chi connectivity index (χ3v) is 2.37. The van der Waals surface area contributed by atoms with Gasteiger partial charge in [0.2, 0.25) is 0 Å². The molecule has 4 nitrogen and oxygen atoms in total. The summed E-state index contributed by atoms with van der Waals surface area (Å²) in [5.41, 5.74) is -0.746. The number of ether oxygens (including phenoxy) is 1. The Morgan fingerprint density at radius 2 is 2.25 bits per heavy atom. The molecule has 0 saturated heterocycles. The lowest BCUT2D eigenvalue weighted by atomic mass is 9.98.